The Morgan fingerprint density at radius 1 is 1.00 bits per heavy atom. The molecule has 0 aliphatic heterocycles. The number of allylic oxidation sites excluding steroid dienone is 3. The molecule has 1 aromatic carbocycles. The van der Waals surface area contributed by atoms with Crippen LogP contribution in [-0.2, 0) is 11.2 Å². The van der Waals surface area contributed by atoms with Crippen molar-refractivity contribution in [2.75, 3.05) is 0 Å². The van der Waals surface area contributed by atoms with Gasteiger partial charge in [0.2, 0.25) is 0 Å². The summed E-state index contributed by atoms with van der Waals surface area (Å²) >= 11 is 0. The van der Waals surface area contributed by atoms with Gasteiger partial charge in [-0.05, 0) is 67.2 Å². The van der Waals surface area contributed by atoms with E-state index in [2.05, 4.69) is 26.8 Å². The van der Waals surface area contributed by atoms with Gasteiger partial charge < -0.3 is 15.3 Å². The van der Waals surface area contributed by atoms with Crippen LogP contribution in [-0.4, -0.2) is 27.4 Å². The Labute approximate surface area is 207 Å². The summed E-state index contributed by atoms with van der Waals surface area (Å²) < 4.78 is 0. The van der Waals surface area contributed by atoms with Gasteiger partial charge in [0.15, 0.2) is 0 Å². The van der Waals surface area contributed by atoms with Crippen molar-refractivity contribution in [3.63, 3.8) is 0 Å². The van der Waals surface area contributed by atoms with Crippen molar-refractivity contribution in [1.29, 1.82) is 0 Å². The van der Waals surface area contributed by atoms with E-state index >= 15 is 0 Å². The summed E-state index contributed by atoms with van der Waals surface area (Å²) in [5.41, 5.74) is 2.21. The number of carbonyl (C=O) groups is 1. The molecule has 0 aliphatic rings. The molecule has 0 radical (unpaired) electrons. The third kappa shape index (κ3) is 15.7. The van der Waals surface area contributed by atoms with Crippen LogP contribution in [0.1, 0.15) is 103 Å². The molecule has 1 aromatic rings. The molecular formula is C30H48O4. The van der Waals surface area contributed by atoms with Gasteiger partial charge in [-0.3, -0.25) is 4.79 Å². The first kappa shape index (κ1) is 30.0. The fourth-order valence-corrected chi connectivity index (χ4v) is 4.23. The number of phenols is 1. The van der Waals surface area contributed by atoms with Gasteiger partial charge in [0.1, 0.15) is 5.75 Å². The van der Waals surface area contributed by atoms with Gasteiger partial charge in [-0.2, -0.15) is 0 Å². The van der Waals surface area contributed by atoms with Crippen LogP contribution in [0.4, 0.5) is 0 Å². The molecule has 0 saturated carbocycles. The minimum Gasteiger partial charge on any atom is -0.508 e. The van der Waals surface area contributed by atoms with Gasteiger partial charge in [-0.15, -0.1) is 0 Å². The van der Waals surface area contributed by atoms with Crippen LogP contribution >= 0.6 is 0 Å². The number of hydrogen-bond acceptors (Lipinski definition) is 3. The van der Waals surface area contributed by atoms with Crippen molar-refractivity contribution in [3.05, 3.63) is 53.6 Å². The Morgan fingerprint density at radius 3 is 2.44 bits per heavy atom. The van der Waals surface area contributed by atoms with Crippen LogP contribution < -0.4 is 0 Å². The van der Waals surface area contributed by atoms with E-state index in [0.29, 0.717) is 11.8 Å². The zero-order valence-corrected chi connectivity index (χ0v) is 21.7. The minimum absolute atomic E-state index is 0.266. The molecule has 192 valence electrons. The lowest BCUT2D eigenvalue weighted by Crippen LogP contribution is -2.06. The number of hydrogen-bond donors (Lipinski definition) is 3. The maximum atomic E-state index is 11.0. The Hall–Kier alpha value is -2.07. The average Bonchev–Trinajstić information content (AvgIpc) is 2.78. The van der Waals surface area contributed by atoms with E-state index in [1.807, 2.05) is 24.3 Å². The first-order chi connectivity index (χ1) is 16.3. The van der Waals surface area contributed by atoms with Crippen LogP contribution in [0.3, 0.4) is 0 Å². The Morgan fingerprint density at radius 2 is 1.76 bits per heavy atom. The van der Waals surface area contributed by atoms with Crippen LogP contribution in [0.5, 0.6) is 5.75 Å². The summed E-state index contributed by atoms with van der Waals surface area (Å²) in [5.74, 6) is 0.721. The highest BCUT2D eigenvalue weighted by Crippen LogP contribution is 2.24. The third-order valence-corrected chi connectivity index (χ3v) is 6.35. The van der Waals surface area contributed by atoms with Crippen LogP contribution in [0.15, 0.2) is 48.1 Å². The molecule has 0 fully saturated rings. The van der Waals surface area contributed by atoms with Crippen molar-refractivity contribution in [2.24, 2.45) is 11.8 Å². The van der Waals surface area contributed by atoms with Crippen LogP contribution in [0.25, 0.3) is 0 Å². The van der Waals surface area contributed by atoms with Gasteiger partial charge in [0.05, 0.1) is 6.10 Å². The summed E-state index contributed by atoms with van der Waals surface area (Å²) in [6, 6.07) is 7.35. The molecule has 1 rings (SSSR count). The van der Waals surface area contributed by atoms with Crippen LogP contribution in [0, 0.1) is 11.8 Å². The maximum Gasteiger partial charge on any atom is 0.303 e. The van der Waals surface area contributed by atoms with Gasteiger partial charge in [0.25, 0.3) is 0 Å². The molecule has 0 unspecified atom stereocenters. The second-order valence-corrected chi connectivity index (χ2v) is 10.1. The van der Waals surface area contributed by atoms with Crippen molar-refractivity contribution in [1.82, 2.24) is 0 Å². The number of aromatic hydroxyl groups is 1. The first-order valence-corrected chi connectivity index (χ1v) is 13.3. The van der Waals surface area contributed by atoms with E-state index in [1.165, 1.54) is 0 Å². The van der Waals surface area contributed by atoms with Crippen LogP contribution in [0.2, 0.25) is 0 Å². The van der Waals surface area contributed by atoms with Crippen molar-refractivity contribution >= 4 is 5.97 Å². The minimum atomic E-state index is -0.697. The van der Waals surface area contributed by atoms with Crippen molar-refractivity contribution in [2.45, 2.75) is 110 Å². The number of aliphatic hydroxyl groups excluding tert-OH is 1. The van der Waals surface area contributed by atoms with Gasteiger partial charge in [-0.1, -0.05) is 96.1 Å². The highest BCUT2D eigenvalue weighted by Gasteiger charge is 2.12. The molecule has 4 nitrogen and oxygen atoms in total. The second kappa shape index (κ2) is 18.3. The lowest BCUT2D eigenvalue weighted by Gasteiger charge is -2.17. The number of rotatable bonds is 19. The number of phenolic OH excluding ortho intramolecular Hbond substituents is 1. The Bertz CT molecular complexity index is 735. The van der Waals surface area contributed by atoms with Gasteiger partial charge in [0, 0.05) is 6.42 Å². The molecule has 0 aliphatic carbocycles. The summed E-state index contributed by atoms with van der Waals surface area (Å²) in [4.78, 5) is 11.0. The molecule has 3 N–H and O–H groups in total. The zero-order valence-electron chi connectivity index (χ0n) is 21.7. The van der Waals surface area contributed by atoms with E-state index in [9.17, 15) is 15.0 Å². The number of unbranched alkanes of at least 4 members (excludes halogenated alkanes) is 4. The van der Waals surface area contributed by atoms with E-state index in [-0.39, 0.29) is 12.2 Å². The number of carboxylic acids is 1. The monoisotopic (exact) mass is 472 g/mol. The normalized spacial score (nSPS) is 14.1. The summed E-state index contributed by atoms with van der Waals surface area (Å²) in [7, 11) is 0. The summed E-state index contributed by atoms with van der Waals surface area (Å²) in [6.45, 7) is 6.61. The molecule has 0 bridgehead atoms. The highest BCUT2D eigenvalue weighted by atomic mass is 16.4. The molecule has 0 spiro atoms. The standard InChI is InChI=1S/C30H48O4/c1-4-5-7-14-28(31)20-18-26(22-27-13-10-15-29(32)23-27)12-9-6-8-11-25(17-16-24(2)3)19-21-30(33)34/h10,12-13,15,18,20,23-25,28,31-32H,4-9,11,14,16-17,19,21-22H2,1-3H3,(H,33,34)/b20-18+,26-12-/t25-,28+/m1/s1. The summed E-state index contributed by atoms with van der Waals surface area (Å²) in [5, 5.41) is 29.1. The largest absolute Gasteiger partial charge is 0.508 e. The average molecular weight is 473 g/mol. The smallest absolute Gasteiger partial charge is 0.303 e. The second-order valence-electron chi connectivity index (χ2n) is 10.1. The van der Waals surface area contributed by atoms with Crippen molar-refractivity contribution in [3.8, 4) is 5.75 Å². The molecular weight excluding hydrogens is 424 g/mol. The SMILES string of the molecule is CCCCC[C@H](O)/C=C/C(=C/CCCC[C@@H](CCC(=O)O)CCC(C)C)Cc1cccc(O)c1. The number of carboxylic acid groups (broad SMARTS) is 1. The zero-order chi connectivity index (χ0) is 25.2. The molecule has 34 heavy (non-hydrogen) atoms. The fraction of sp³-hybridized carbons (Fsp3) is 0.633. The number of benzene rings is 1. The fourth-order valence-electron chi connectivity index (χ4n) is 4.23. The Kier molecular flexibility index (Phi) is 16.1. The van der Waals surface area contributed by atoms with Gasteiger partial charge in [-0.25, -0.2) is 0 Å². The van der Waals surface area contributed by atoms with Crippen molar-refractivity contribution < 1.29 is 20.1 Å². The highest BCUT2D eigenvalue weighted by molar-refractivity contribution is 5.66. The Balaban J connectivity index is 2.65. The predicted octanol–water partition coefficient (Wildman–Crippen LogP) is 7.84. The molecule has 0 heterocycles. The van der Waals surface area contributed by atoms with E-state index in [1.54, 1.807) is 12.1 Å². The predicted molar refractivity (Wildman–Crippen MR) is 142 cm³/mol. The maximum absolute atomic E-state index is 11.0. The first-order valence-electron chi connectivity index (χ1n) is 13.3. The molecule has 0 saturated heterocycles. The third-order valence-electron chi connectivity index (χ3n) is 6.35. The van der Waals surface area contributed by atoms with Gasteiger partial charge >= 0.3 is 5.97 Å². The molecule has 2 atom stereocenters. The number of aliphatic hydroxyl groups is 1. The lowest BCUT2D eigenvalue weighted by molar-refractivity contribution is -0.137. The van der Waals surface area contributed by atoms with E-state index in [4.69, 9.17) is 5.11 Å². The van der Waals surface area contributed by atoms with E-state index < -0.39 is 12.1 Å². The quantitative estimate of drug-likeness (QED) is 0.142. The topological polar surface area (TPSA) is 77.8 Å². The molecule has 4 heteroatoms. The molecule has 0 amide bonds. The number of aliphatic carboxylic acids is 1. The summed E-state index contributed by atoms with van der Waals surface area (Å²) in [6.07, 6.45) is 18.1. The lowest BCUT2D eigenvalue weighted by atomic mass is 9.89. The molecule has 0 aromatic heterocycles. The van der Waals surface area contributed by atoms with E-state index in [0.717, 1.165) is 88.2 Å².